The van der Waals surface area contributed by atoms with E-state index in [4.69, 9.17) is 0 Å². The molecule has 0 bridgehead atoms. The highest BCUT2D eigenvalue weighted by Crippen LogP contribution is 2.11. The average Bonchev–Trinajstić information content (AvgIpc) is 2.98. The molecule has 1 amide bonds. The van der Waals surface area contributed by atoms with Gasteiger partial charge in [-0.2, -0.15) is 22.7 Å². The minimum absolute atomic E-state index is 0.211. The molecule has 2 aromatic heterocycles. The Balaban J connectivity index is 1.79. The Labute approximate surface area is 110 Å². The van der Waals surface area contributed by atoms with Crippen molar-refractivity contribution in [1.29, 1.82) is 0 Å². The summed E-state index contributed by atoms with van der Waals surface area (Å²) in [4.78, 5) is 13.7. The van der Waals surface area contributed by atoms with Crippen LogP contribution in [-0.2, 0) is 17.8 Å². The van der Waals surface area contributed by atoms with E-state index in [0.29, 0.717) is 13.0 Å². The van der Waals surface area contributed by atoms with Gasteiger partial charge >= 0.3 is 0 Å². The summed E-state index contributed by atoms with van der Waals surface area (Å²) in [6.45, 7) is 0.714. The first kappa shape index (κ1) is 12.3. The van der Waals surface area contributed by atoms with Gasteiger partial charge in [0.15, 0.2) is 0 Å². The fourth-order valence-electron chi connectivity index (χ4n) is 1.62. The molecular weight excluding hydrogens is 250 g/mol. The minimum atomic E-state index is 0.211. The molecule has 0 fully saturated rings. The fraction of sp³-hybridized carbons (Fsp3) is 0.308. The van der Waals surface area contributed by atoms with E-state index in [1.54, 1.807) is 27.6 Å². The SMILES string of the molecule is CN(Cc1ccsc1)C(=O)CCc1ccsc1. The first-order chi connectivity index (χ1) is 8.25. The Morgan fingerprint density at radius 2 is 1.82 bits per heavy atom. The van der Waals surface area contributed by atoms with Gasteiger partial charge in [0.2, 0.25) is 5.91 Å². The lowest BCUT2D eigenvalue weighted by Gasteiger charge is -2.16. The van der Waals surface area contributed by atoms with Crippen LogP contribution in [0.3, 0.4) is 0 Å². The van der Waals surface area contributed by atoms with E-state index >= 15 is 0 Å². The second-order valence-electron chi connectivity index (χ2n) is 4.01. The predicted molar refractivity (Wildman–Crippen MR) is 73.4 cm³/mol. The third-order valence-corrected chi connectivity index (χ3v) is 4.10. The van der Waals surface area contributed by atoms with E-state index in [0.717, 1.165) is 6.42 Å². The van der Waals surface area contributed by atoms with Gasteiger partial charge in [-0.05, 0) is 51.2 Å². The van der Waals surface area contributed by atoms with E-state index in [2.05, 4.69) is 28.3 Å². The number of hydrogen-bond donors (Lipinski definition) is 0. The molecule has 17 heavy (non-hydrogen) atoms. The van der Waals surface area contributed by atoms with Gasteiger partial charge in [-0.3, -0.25) is 4.79 Å². The normalized spacial score (nSPS) is 10.4. The molecule has 2 aromatic rings. The monoisotopic (exact) mass is 265 g/mol. The first-order valence-electron chi connectivity index (χ1n) is 5.52. The molecule has 0 unspecified atom stereocenters. The molecule has 0 spiro atoms. The van der Waals surface area contributed by atoms with Crippen LogP contribution in [0.25, 0.3) is 0 Å². The highest BCUT2D eigenvalue weighted by atomic mass is 32.1. The van der Waals surface area contributed by atoms with Crippen molar-refractivity contribution in [3.05, 3.63) is 44.8 Å². The molecule has 2 nitrogen and oxygen atoms in total. The molecule has 0 saturated heterocycles. The van der Waals surface area contributed by atoms with Gasteiger partial charge in [-0.1, -0.05) is 0 Å². The Morgan fingerprint density at radius 3 is 2.41 bits per heavy atom. The molecule has 0 saturated carbocycles. The lowest BCUT2D eigenvalue weighted by Crippen LogP contribution is -2.26. The van der Waals surface area contributed by atoms with Gasteiger partial charge in [0, 0.05) is 20.0 Å². The number of carbonyl (C=O) groups is 1. The van der Waals surface area contributed by atoms with Crippen molar-refractivity contribution in [2.75, 3.05) is 7.05 Å². The smallest absolute Gasteiger partial charge is 0.222 e. The van der Waals surface area contributed by atoms with Crippen LogP contribution in [0.2, 0.25) is 0 Å². The Kier molecular flexibility index (Phi) is 4.34. The molecule has 0 radical (unpaired) electrons. The lowest BCUT2D eigenvalue weighted by atomic mass is 10.2. The standard InChI is InChI=1S/C13H15NOS2/c1-14(8-12-5-7-17-10-12)13(15)3-2-11-4-6-16-9-11/h4-7,9-10H,2-3,8H2,1H3. The van der Waals surface area contributed by atoms with Crippen molar-refractivity contribution in [2.45, 2.75) is 19.4 Å². The van der Waals surface area contributed by atoms with E-state index in [-0.39, 0.29) is 5.91 Å². The van der Waals surface area contributed by atoms with Gasteiger partial charge in [0.05, 0.1) is 0 Å². The van der Waals surface area contributed by atoms with Gasteiger partial charge < -0.3 is 4.90 Å². The van der Waals surface area contributed by atoms with Crippen molar-refractivity contribution < 1.29 is 4.79 Å². The van der Waals surface area contributed by atoms with Crippen molar-refractivity contribution in [1.82, 2.24) is 4.90 Å². The Morgan fingerprint density at radius 1 is 1.18 bits per heavy atom. The highest BCUT2D eigenvalue weighted by Gasteiger charge is 2.09. The minimum Gasteiger partial charge on any atom is -0.341 e. The van der Waals surface area contributed by atoms with Crippen LogP contribution < -0.4 is 0 Å². The van der Waals surface area contributed by atoms with E-state index in [9.17, 15) is 4.79 Å². The molecular formula is C13H15NOS2. The second-order valence-corrected chi connectivity index (χ2v) is 5.57. The number of carbonyl (C=O) groups excluding carboxylic acids is 1. The molecule has 0 aliphatic heterocycles. The topological polar surface area (TPSA) is 20.3 Å². The zero-order chi connectivity index (χ0) is 12.1. The summed E-state index contributed by atoms with van der Waals surface area (Å²) < 4.78 is 0. The Hall–Kier alpha value is -1.13. The molecule has 90 valence electrons. The molecule has 0 aromatic carbocycles. The number of thiophene rings is 2. The molecule has 4 heteroatoms. The van der Waals surface area contributed by atoms with Crippen molar-refractivity contribution in [3.8, 4) is 0 Å². The maximum absolute atomic E-state index is 11.9. The predicted octanol–water partition coefficient (Wildman–Crippen LogP) is 3.40. The summed E-state index contributed by atoms with van der Waals surface area (Å²) in [7, 11) is 1.87. The van der Waals surface area contributed by atoms with E-state index in [1.807, 2.05) is 12.4 Å². The second kappa shape index (κ2) is 5.98. The molecule has 0 aliphatic rings. The molecule has 0 atom stereocenters. The van der Waals surface area contributed by atoms with Gasteiger partial charge in [0.25, 0.3) is 0 Å². The number of amides is 1. The van der Waals surface area contributed by atoms with Gasteiger partial charge in [-0.15, -0.1) is 0 Å². The van der Waals surface area contributed by atoms with Crippen molar-refractivity contribution in [2.24, 2.45) is 0 Å². The van der Waals surface area contributed by atoms with Crippen LogP contribution >= 0.6 is 22.7 Å². The zero-order valence-electron chi connectivity index (χ0n) is 9.76. The highest BCUT2D eigenvalue weighted by molar-refractivity contribution is 7.08. The molecule has 2 heterocycles. The van der Waals surface area contributed by atoms with Crippen LogP contribution in [0, 0.1) is 0 Å². The summed E-state index contributed by atoms with van der Waals surface area (Å²) in [6.07, 6.45) is 1.44. The lowest BCUT2D eigenvalue weighted by molar-refractivity contribution is -0.130. The van der Waals surface area contributed by atoms with Crippen LogP contribution in [0.4, 0.5) is 0 Å². The average molecular weight is 265 g/mol. The fourth-order valence-corrected chi connectivity index (χ4v) is 2.98. The first-order valence-corrected chi connectivity index (χ1v) is 7.40. The third-order valence-electron chi connectivity index (χ3n) is 2.63. The number of hydrogen-bond acceptors (Lipinski definition) is 3. The van der Waals surface area contributed by atoms with Crippen LogP contribution in [0.1, 0.15) is 17.5 Å². The molecule has 0 N–H and O–H groups in total. The Bertz CT molecular complexity index is 448. The molecule has 2 rings (SSSR count). The zero-order valence-corrected chi connectivity index (χ0v) is 11.4. The summed E-state index contributed by atoms with van der Waals surface area (Å²) in [5, 5.41) is 8.28. The van der Waals surface area contributed by atoms with E-state index in [1.165, 1.54) is 11.1 Å². The molecule has 0 aliphatic carbocycles. The summed E-state index contributed by atoms with van der Waals surface area (Å²) in [5.41, 5.74) is 2.47. The number of rotatable bonds is 5. The largest absolute Gasteiger partial charge is 0.341 e. The summed E-state index contributed by atoms with van der Waals surface area (Å²) in [5.74, 6) is 0.211. The third kappa shape index (κ3) is 3.68. The summed E-state index contributed by atoms with van der Waals surface area (Å²) in [6, 6.07) is 4.14. The van der Waals surface area contributed by atoms with E-state index < -0.39 is 0 Å². The van der Waals surface area contributed by atoms with Crippen molar-refractivity contribution in [3.63, 3.8) is 0 Å². The van der Waals surface area contributed by atoms with Crippen LogP contribution in [-0.4, -0.2) is 17.9 Å². The van der Waals surface area contributed by atoms with Crippen LogP contribution in [0.15, 0.2) is 33.7 Å². The summed E-state index contributed by atoms with van der Waals surface area (Å²) >= 11 is 3.35. The van der Waals surface area contributed by atoms with Crippen molar-refractivity contribution >= 4 is 28.6 Å². The maximum Gasteiger partial charge on any atom is 0.222 e. The quantitative estimate of drug-likeness (QED) is 0.811. The number of nitrogens with zero attached hydrogens (tertiary/aromatic N) is 1. The van der Waals surface area contributed by atoms with Crippen LogP contribution in [0.5, 0.6) is 0 Å². The maximum atomic E-state index is 11.9. The van der Waals surface area contributed by atoms with Gasteiger partial charge in [-0.25, -0.2) is 0 Å². The van der Waals surface area contributed by atoms with Gasteiger partial charge in [0.1, 0.15) is 0 Å². The number of aryl methyl sites for hydroxylation is 1.